The van der Waals surface area contributed by atoms with Crippen LogP contribution in [0.15, 0.2) is 73.1 Å². The van der Waals surface area contributed by atoms with Gasteiger partial charge in [0.1, 0.15) is 0 Å². The van der Waals surface area contributed by atoms with Gasteiger partial charge in [0.25, 0.3) is 5.91 Å². The molecule has 7 nitrogen and oxygen atoms in total. The predicted octanol–water partition coefficient (Wildman–Crippen LogP) is 4.13. The number of carbonyl (C=O) groups is 1. The smallest absolute Gasteiger partial charge is 0.254 e. The van der Waals surface area contributed by atoms with Crippen molar-refractivity contribution in [3.63, 3.8) is 0 Å². The van der Waals surface area contributed by atoms with E-state index in [4.69, 9.17) is 0 Å². The van der Waals surface area contributed by atoms with Gasteiger partial charge in [0.15, 0.2) is 5.65 Å². The summed E-state index contributed by atoms with van der Waals surface area (Å²) < 4.78 is 1.76. The molecule has 0 atom stereocenters. The molecule has 1 amide bonds. The minimum Gasteiger partial charge on any atom is -0.330 e. The van der Waals surface area contributed by atoms with Crippen LogP contribution in [0.2, 0.25) is 0 Å². The third kappa shape index (κ3) is 3.69. The molecule has 32 heavy (non-hydrogen) atoms. The minimum absolute atomic E-state index is 0.0520. The van der Waals surface area contributed by atoms with Crippen molar-refractivity contribution in [2.24, 2.45) is 0 Å². The van der Waals surface area contributed by atoms with Crippen LogP contribution < -0.4 is 0 Å². The number of benzene rings is 2. The maximum Gasteiger partial charge on any atom is 0.254 e. The summed E-state index contributed by atoms with van der Waals surface area (Å²) in [6, 6.07) is 19.7. The van der Waals surface area contributed by atoms with Crippen LogP contribution in [0.25, 0.3) is 16.6 Å². The number of tetrazole rings is 1. The Balaban J connectivity index is 1.59. The maximum absolute atomic E-state index is 13.5. The van der Waals surface area contributed by atoms with Crippen LogP contribution in [0.1, 0.15) is 32.6 Å². The van der Waals surface area contributed by atoms with Crippen LogP contribution in [-0.2, 0) is 13.1 Å². The zero-order valence-corrected chi connectivity index (χ0v) is 17.9. The van der Waals surface area contributed by atoms with Crippen LogP contribution in [0.4, 0.5) is 0 Å². The topological polar surface area (TPSA) is 76.3 Å². The van der Waals surface area contributed by atoms with Crippen molar-refractivity contribution in [3.8, 4) is 0 Å². The van der Waals surface area contributed by atoms with E-state index in [0.717, 1.165) is 33.2 Å². The third-order valence-corrected chi connectivity index (χ3v) is 5.61. The first kappa shape index (κ1) is 19.8. The van der Waals surface area contributed by atoms with Gasteiger partial charge in [-0.3, -0.25) is 9.78 Å². The van der Waals surface area contributed by atoms with E-state index in [9.17, 15) is 4.79 Å². The summed E-state index contributed by atoms with van der Waals surface area (Å²) in [7, 11) is 0. The van der Waals surface area contributed by atoms with Gasteiger partial charge in [-0.1, -0.05) is 42.0 Å². The van der Waals surface area contributed by atoms with E-state index < -0.39 is 0 Å². The molecule has 0 fully saturated rings. The highest BCUT2D eigenvalue weighted by Crippen LogP contribution is 2.24. The lowest BCUT2D eigenvalue weighted by Gasteiger charge is -2.23. The molecule has 0 radical (unpaired) electrons. The van der Waals surface area contributed by atoms with Crippen LogP contribution >= 0.6 is 0 Å². The molecule has 158 valence electrons. The molecule has 3 heterocycles. The summed E-state index contributed by atoms with van der Waals surface area (Å²) in [6.07, 6.45) is 3.51. The molecule has 0 aliphatic rings. The van der Waals surface area contributed by atoms with Gasteiger partial charge in [-0.05, 0) is 59.7 Å². The standard InChI is InChI=1S/C25H22N6O/c1-17-8-10-20(11-9-17)25(32)30(15-19-6-4-12-26-14-19)16-22-13-21-7-3-5-18(2)23(21)31-24(22)27-28-29-31/h3-14H,15-16H2,1-2H3. The van der Waals surface area contributed by atoms with E-state index in [2.05, 4.69) is 26.6 Å². The highest BCUT2D eigenvalue weighted by atomic mass is 16.2. The summed E-state index contributed by atoms with van der Waals surface area (Å²) in [5.74, 6) is -0.0520. The van der Waals surface area contributed by atoms with Crippen molar-refractivity contribution < 1.29 is 4.79 Å². The number of hydrogen-bond acceptors (Lipinski definition) is 5. The Morgan fingerprint density at radius 1 is 1.00 bits per heavy atom. The number of hydrogen-bond donors (Lipinski definition) is 0. The second-order valence-corrected chi connectivity index (χ2v) is 7.99. The fourth-order valence-electron chi connectivity index (χ4n) is 3.99. The van der Waals surface area contributed by atoms with E-state index >= 15 is 0 Å². The van der Waals surface area contributed by atoms with Gasteiger partial charge < -0.3 is 4.90 Å². The number of nitrogens with zero attached hydrogens (tertiary/aromatic N) is 6. The zero-order valence-electron chi connectivity index (χ0n) is 17.9. The number of aryl methyl sites for hydroxylation is 2. The number of rotatable bonds is 5. The number of fused-ring (bicyclic) bond motifs is 3. The molecule has 0 bridgehead atoms. The van der Waals surface area contributed by atoms with Crippen molar-refractivity contribution in [1.29, 1.82) is 0 Å². The van der Waals surface area contributed by atoms with Crippen molar-refractivity contribution in [2.75, 3.05) is 0 Å². The molecule has 0 saturated heterocycles. The fraction of sp³-hybridized carbons (Fsp3) is 0.160. The predicted molar refractivity (Wildman–Crippen MR) is 122 cm³/mol. The first-order valence-electron chi connectivity index (χ1n) is 10.4. The van der Waals surface area contributed by atoms with E-state index in [-0.39, 0.29) is 5.91 Å². The van der Waals surface area contributed by atoms with Gasteiger partial charge >= 0.3 is 0 Å². The number of amides is 1. The average Bonchev–Trinajstić information content (AvgIpc) is 3.30. The fourth-order valence-corrected chi connectivity index (χ4v) is 3.99. The van der Waals surface area contributed by atoms with Crippen LogP contribution in [0, 0.1) is 13.8 Å². The van der Waals surface area contributed by atoms with Gasteiger partial charge in [0.05, 0.1) is 12.1 Å². The lowest BCUT2D eigenvalue weighted by molar-refractivity contribution is 0.0730. The molecule has 3 aromatic heterocycles. The summed E-state index contributed by atoms with van der Waals surface area (Å²) in [5.41, 5.74) is 6.32. The molecule has 0 spiro atoms. The Hall–Kier alpha value is -4.13. The molecular formula is C25H22N6O. The van der Waals surface area contributed by atoms with E-state index in [1.165, 1.54) is 0 Å². The highest BCUT2D eigenvalue weighted by molar-refractivity contribution is 5.94. The van der Waals surface area contributed by atoms with Gasteiger partial charge in [0, 0.05) is 35.5 Å². The zero-order chi connectivity index (χ0) is 22.1. The van der Waals surface area contributed by atoms with Crippen molar-refractivity contribution in [3.05, 3.63) is 101 Å². The molecule has 5 rings (SSSR count). The second-order valence-electron chi connectivity index (χ2n) is 7.99. The second kappa shape index (κ2) is 8.19. The third-order valence-electron chi connectivity index (χ3n) is 5.61. The molecule has 0 saturated carbocycles. The monoisotopic (exact) mass is 422 g/mol. The molecule has 2 aromatic carbocycles. The summed E-state index contributed by atoms with van der Waals surface area (Å²) in [4.78, 5) is 19.5. The lowest BCUT2D eigenvalue weighted by Crippen LogP contribution is -2.30. The van der Waals surface area contributed by atoms with Crippen molar-refractivity contribution >= 4 is 22.5 Å². The molecule has 0 aliphatic heterocycles. The van der Waals surface area contributed by atoms with Gasteiger partial charge in [0.2, 0.25) is 0 Å². The van der Waals surface area contributed by atoms with Gasteiger partial charge in [-0.25, -0.2) is 0 Å². The van der Waals surface area contributed by atoms with E-state index in [1.54, 1.807) is 16.9 Å². The number of carbonyl (C=O) groups excluding carboxylic acids is 1. The minimum atomic E-state index is -0.0520. The highest BCUT2D eigenvalue weighted by Gasteiger charge is 2.20. The summed E-state index contributed by atoms with van der Waals surface area (Å²) in [6.45, 7) is 4.85. The first-order chi connectivity index (χ1) is 15.6. The lowest BCUT2D eigenvalue weighted by atomic mass is 10.1. The SMILES string of the molecule is Cc1ccc(C(=O)N(Cc2cccnc2)Cc2cc3cccc(C)c3n3nnnc23)cc1. The molecule has 0 unspecified atom stereocenters. The molecular weight excluding hydrogens is 400 g/mol. The first-order valence-corrected chi connectivity index (χ1v) is 10.4. The number of pyridine rings is 2. The molecule has 0 aliphatic carbocycles. The van der Waals surface area contributed by atoms with E-state index in [0.29, 0.717) is 24.3 Å². The van der Waals surface area contributed by atoms with Gasteiger partial charge in [-0.15, -0.1) is 5.10 Å². The van der Waals surface area contributed by atoms with Crippen LogP contribution in [0.3, 0.4) is 0 Å². The Labute approximate surface area is 185 Å². The Morgan fingerprint density at radius 2 is 1.84 bits per heavy atom. The average molecular weight is 422 g/mol. The quantitative estimate of drug-likeness (QED) is 0.426. The number of para-hydroxylation sites is 1. The maximum atomic E-state index is 13.5. The Kier molecular flexibility index (Phi) is 5.07. The summed E-state index contributed by atoms with van der Waals surface area (Å²) in [5, 5.41) is 13.4. The van der Waals surface area contributed by atoms with Crippen molar-refractivity contribution in [1.82, 2.24) is 29.9 Å². The summed E-state index contributed by atoms with van der Waals surface area (Å²) >= 11 is 0. The largest absolute Gasteiger partial charge is 0.330 e. The Morgan fingerprint density at radius 3 is 2.62 bits per heavy atom. The molecule has 7 heteroatoms. The number of aromatic nitrogens is 5. The Bertz CT molecular complexity index is 1410. The van der Waals surface area contributed by atoms with Crippen LogP contribution in [0.5, 0.6) is 0 Å². The van der Waals surface area contributed by atoms with Gasteiger partial charge in [-0.2, -0.15) is 4.52 Å². The molecule has 0 N–H and O–H groups in total. The van der Waals surface area contributed by atoms with E-state index in [1.807, 2.05) is 73.3 Å². The normalized spacial score (nSPS) is 11.2. The molecule has 5 aromatic rings. The van der Waals surface area contributed by atoms with Crippen molar-refractivity contribution in [2.45, 2.75) is 26.9 Å². The van der Waals surface area contributed by atoms with Crippen LogP contribution in [-0.4, -0.2) is 35.8 Å².